The molecular weight excluding hydrogens is 542 g/mol. The third kappa shape index (κ3) is 6.11. The SMILES string of the molecule is C=CCn1c(SCC(=O)Nc2ncc(Cc3cccc(Cl)c3)s2)nnc1-c1ccccc1Br. The summed E-state index contributed by atoms with van der Waals surface area (Å²) >= 11 is 12.4. The lowest BCUT2D eigenvalue weighted by Gasteiger charge is -2.08. The monoisotopic (exact) mass is 559 g/mol. The molecule has 0 atom stereocenters. The second-order valence-electron chi connectivity index (χ2n) is 6.96. The average Bonchev–Trinajstić information content (AvgIpc) is 3.40. The van der Waals surface area contributed by atoms with Gasteiger partial charge in [-0.15, -0.1) is 28.1 Å². The minimum Gasteiger partial charge on any atom is -0.301 e. The van der Waals surface area contributed by atoms with Crippen LogP contribution in [0.25, 0.3) is 11.4 Å². The summed E-state index contributed by atoms with van der Waals surface area (Å²) < 4.78 is 2.87. The fourth-order valence-corrected chi connectivity index (χ4v) is 5.40. The number of allylic oxidation sites excluding steroid dienone is 1. The number of thioether (sulfide) groups is 1. The molecule has 1 N–H and O–H groups in total. The molecule has 4 rings (SSSR count). The van der Waals surface area contributed by atoms with Crippen molar-refractivity contribution in [2.75, 3.05) is 11.1 Å². The fraction of sp³-hybridized carbons (Fsp3) is 0.130. The smallest absolute Gasteiger partial charge is 0.236 e. The summed E-state index contributed by atoms with van der Waals surface area (Å²) in [5, 5.41) is 13.4. The maximum atomic E-state index is 12.5. The van der Waals surface area contributed by atoms with E-state index in [1.807, 2.05) is 53.1 Å². The van der Waals surface area contributed by atoms with E-state index in [1.54, 1.807) is 12.3 Å². The van der Waals surface area contributed by atoms with Crippen molar-refractivity contribution in [2.45, 2.75) is 18.1 Å². The lowest BCUT2D eigenvalue weighted by molar-refractivity contribution is -0.113. The van der Waals surface area contributed by atoms with Crippen molar-refractivity contribution in [1.82, 2.24) is 19.7 Å². The molecule has 4 aromatic rings. The van der Waals surface area contributed by atoms with Crippen LogP contribution in [0.4, 0.5) is 5.13 Å². The quantitative estimate of drug-likeness (QED) is 0.191. The normalized spacial score (nSPS) is 10.8. The highest BCUT2D eigenvalue weighted by Crippen LogP contribution is 2.30. The number of amides is 1. The van der Waals surface area contributed by atoms with Crippen LogP contribution in [0.5, 0.6) is 0 Å². The van der Waals surface area contributed by atoms with Gasteiger partial charge in [-0.05, 0) is 23.8 Å². The van der Waals surface area contributed by atoms with Crippen molar-refractivity contribution in [3.8, 4) is 11.4 Å². The Balaban J connectivity index is 1.39. The van der Waals surface area contributed by atoms with Gasteiger partial charge < -0.3 is 5.32 Å². The van der Waals surface area contributed by atoms with Crippen molar-refractivity contribution >= 4 is 61.7 Å². The Bertz CT molecular complexity index is 1290. The summed E-state index contributed by atoms with van der Waals surface area (Å²) in [6.07, 6.45) is 4.27. The van der Waals surface area contributed by atoms with Crippen molar-refractivity contribution in [3.05, 3.63) is 87.3 Å². The highest BCUT2D eigenvalue weighted by Gasteiger charge is 2.17. The van der Waals surface area contributed by atoms with Crippen molar-refractivity contribution in [3.63, 3.8) is 0 Å². The average molecular weight is 561 g/mol. The third-order valence-electron chi connectivity index (χ3n) is 4.54. The van der Waals surface area contributed by atoms with Crippen LogP contribution in [0.15, 0.2) is 77.0 Å². The van der Waals surface area contributed by atoms with Gasteiger partial charge in [-0.25, -0.2) is 4.98 Å². The molecule has 0 saturated carbocycles. The van der Waals surface area contributed by atoms with E-state index in [-0.39, 0.29) is 11.7 Å². The number of hydrogen-bond acceptors (Lipinski definition) is 6. The first-order chi connectivity index (χ1) is 16.0. The molecule has 0 saturated heterocycles. The molecule has 0 aliphatic heterocycles. The Hall–Kier alpha value is -2.46. The first kappa shape index (κ1) is 23.7. The molecule has 33 heavy (non-hydrogen) atoms. The minimum absolute atomic E-state index is 0.153. The summed E-state index contributed by atoms with van der Waals surface area (Å²) in [7, 11) is 0. The zero-order chi connectivity index (χ0) is 23.2. The second kappa shape index (κ2) is 11.1. The van der Waals surface area contributed by atoms with Crippen molar-refractivity contribution in [1.29, 1.82) is 0 Å². The van der Waals surface area contributed by atoms with Gasteiger partial charge in [0.2, 0.25) is 5.91 Å². The lowest BCUT2D eigenvalue weighted by Crippen LogP contribution is -2.14. The Morgan fingerprint density at radius 1 is 1.24 bits per heavy atom. The fourth-order valence-electron chi connectivity index (χ4n) is 3.11. The topological polar surface area (TPSA) is 72.7 Å². The van der Waals surface area contributed by atoms with Gasteiger partial charge in [0.1, 0.15) is 0 Å². The van der Waals surface area contributed by atoms with E-state index < -0.39 is 0 Å². The summed E-state index contributed by atoms with van der Waals surface area (Å²) in [6, 6.07) is 15.5. The predicted molar refractivity (Wildman–Crippen MR) is 139 cm³/mol. The largest absolute Gasteiger partial charge is 0.301 e. The highest BCUT2D eigenvalue weighted by atomic mass is 79.9. The van der Waals surface area contributed by atoms with Gasteiger partial charge in [0.25, 0.3) is 0 Å². The van der Waals surface area contributed by atoms with Crippen LogP contribution in [0.2, 0.25) is 5.02 Å². The molecule has 2 heterocycles. The molecular formula is C23H19BrClN5OS2. The molecule has 10 heteroatoms. The molecule has 0 aliphatic rings. The van der Waals surface area contributed by atoms with Gasteiger partial charge in [-0.3, -0.25) is 9.36 Å². The maximum absolute atomic E-state index is 12.5. The number of halogens is 2. The van der Waals surface area contributed by atoms with E-state index in [1.165, 1.54) is 23.1 Å². The molecule has 1 amide bonds. The molecule has 0 bridgehead atoms. The van der Waals surface area contributed by atoms with Gasteiger partial charge in [-0.1, -0.05) is 75.7 Å². The van der Waals surface area contributed by atoms with Crippen molar-refractivity contribution in [2.24, 2.45) is 0 Å². The first-order valence-corrected chi connectivity index (χ1v) is 12.9. The number of nitrogens with zero attached hydrogens (tertiary/aromatic N) is 4. The van der Waals surface area contributed by atoms with Crippen LogP contribution in [0, 0.1) is 0 Å². The van der Waals surface area contributed by atoms with E-state index in [9.17, 15) is 4.79 Å². The molecule has 0 fully saturated rings. The van der Waals surface area contributed by atoms with Crippen LogP contribution in [-0.4, -0.2) is 31.4 Å². The zero-order valence-electron chi connectivity index (χ0n) is 17.4. The number of anilines is 1. The molecule has 2 aromatic heterocycles. The number of benzene rings is 2. The number of thiazole rings is 1. The number of carbonyl (C=O) groups excluding carboxylic acids is 1. The number of carbonyl (C=O) groups is 1. The summed E-state index contributed by atoms with van der Waals surface area (Å²) in [5.74, 6) is 0.754. The predicted octanol–water partition coefficient (Wildman–Crippen LogP) is 6.33. The van der Waals surface area contributed by atoms with Gasteiger partial charge in [-0.2, -0.15) is 0 Å². The van der Waals surface area contributed by atoms with Crippen LogP contribution >= 0.6 is 50.6 Å². The molecule has 168 valence electrons. The van der Waals surface area contributed by atoms with Crippen LogP contribution < -0.4 is 5.32 Å². The van der Waals surface area contributed by atoms with E-state index in [0.717, 1.165) is 26.3 Å². The zero-order valence-corrected chi connectivity index (χ0v) is 21.3. The van der Waals surface area contributed by atoms with Crippen LogP contribution in [0.1, 0.15) is 10.4 Å². The number of rotatable bonds is 9. The minimum atomic E-state index is -0.153. The van der Waals surface area contributed by atoms with Gasteiger partial charge >= 0.3 is 0 Å². The van der Waals surface area contributed by atoms with Gasteiger partial charge in [0.05, 0.1) is 5.75 Å². The Labute approximate surface area is 213 Å². The Morgan fingerprint density at radius 2 is 2.09 bits per heavy atom. The van der Waals surface area contributed by atoms with E-state index >= 15 is 0 Å². The lowest BCUT2D eigenvalue weighted by atomic mass is 10.1. The van der Waals surface area contributed by atoms with E-state index in [4.69, 9.17) is 11.6 Å². The summed E-state index contributed by atoms with van der Waals surface area (Å²) in [5.41, 5.74) is 2.03. The van der Waals surface area contributed by atoms with E-state index in [0.29, 0.717) is 28.3 Å². The standard InChI is InChI=1S/C23H19BrClN5OS2/c1-2-10-30-21(18-8-3-4-9-19(18)24)28-29-23(30)32-14-20(31)27-22-26-13-17(33-22)12-15-6-5-7-16(25)11-15/h2-9,11,13H,1,10,12,14H2,(H,26,27,31). The molecule has 0 radical (unpaired) electrons. The van der Waals surface area contributed by atoms with Crippen LogP contribution in [-0.2, 0) is 17.8 Å². The molecule has 6 nitrogen and oxygen atoms in total. The first-order valence-electron chi connectivity index (χ1n) is 9.94. The van der Waals surface area contributed by atoms with Gasteiger partial charge in [0, 0.05) is 39.1 Å². The summed E-state index contributed by atoms with van der Waals surface area (Å²) in [6.45, 7) is 4.37. The Morgan fingerprint density at radius 3 is 2.88 bits per heavy atom. The van der Waals surface area contributed by atoms with Gasteiger partial charge in [0.15, 0.2) is 16.1 Å². The highest BCUT2D eigenvalue weighted by molar-refractivity contribution is 9.10. The van der Waals surface area contributed by atoms with E-state index in [2.05, 4.69) is 43.0 Å². The number of aromatic nitrogens is 4. The number of hydrogen-bond donors (Lipinski definition) is 1. The molecule has 2 aromatic carbocycles. The second-order valence-corrected chi connectivity index (χ2v) is 10.3. The molecule has 0 aliphatic carbocycles. The Kier molecular flexibility index (Phi) is 7.97. The van der Waals surface area contributed by atoms with Crippen LogP contribution in [0.3, 0.4) is 0 Å². The maximum Gasteiger partial charge on any atom is 0.236 e. The summed E-state index contributed by atoms with van der Waals surface area (Å²) in [4.78, 5) is 17.9. The molecule has 0 unspecified atom stereocenters. The van der Waals surface area contributed by atoms with Crippen molar-refractivity contribution < 1.29 is 4.79 Å². The number of nitrogens with one attached hydrogen (secondary N) is 1. The molecule has 0 spiro atoms. The third-order valence-corrected chi connectivity index (χ3v) is 7.35.